The van der Waals surface area contributed by atoms with Gasteiger partial charge >= 0.3 is 0 Å². The Labute approximate surface area is 179 Å². The van der Waals surface area contributed by atoms with Crippen LogP contribution in [0.25, 0.3) is 11.3 Å². The molecule has 2 bridgehead atoms. The molecule has 6 nitrogen and oxygen atoms in total. The lowest BCUT2D eigenvalue weighted by atomic mass is 9.75. The lowest BCUT2D eigenvalue weighted by Crippen LogP contribution is -2.58. The van der Waals surface area contributed by atoms with Crippen LogP contribution in [0.2, 0.25) is 0 Å². The van der Waals surface area contributed by atoms with Gasteiger partial charge in [-0.2, -0.15) is 0 Å². The fourth-order valence-electron chi connectivity index (χ4n) is 5.04. The molecule has 6 rings (SSSR count). The van der Waals surface area contributed by atoms with Crippen molar-refractivity contribution in [1.82, 2.24) is 25.2 Å². The molecule has 4 aliphatic rings. The lowest BCUT2D eigenvalue weighted by Gasteiger charge is -2.49. The average Bonchev–Trinajstić information content (AvgIpc) is 3.42. The third-order valence-electron chi connectivity index (χ3n) is 7.12. The number of nitrogens with one attached hydrogen (secondary N) is 1. The van der Waals surface area contributed by atoms with Crippen LogP contribution in [0, 0.1) is 11.8 Å². The number of nitrogens with zero attached hydrogens (tertiary/aromatic N) is 4. The highest BCUT2D eigenvalue weighted by atomic mass is 16.2. The van der Waals surface area contributed by atoms with Gasteiger partial charge in [0.05, 0.1) is 18.7 Å². The number of carbonyl (C=O) groups excluding carboxylic acids is 1. The number of benzene rings is 1. The Morgan fingerprint density at radius 1 is 1.17 bits per heavy atom. The van der Waals surface area contributed by atoms with Crippen molar-refractivity contribution >= 4 is 5.91 Å². The first kappa shape index (κ1) is 19.7. The molecule has 3 saturated heterocycles. The Morgan fingerprint density at radius 3 is 2.57 bits per heavy atom. The summed E-state index contributed by atoms with van der Waals surface area (Å²) in [5, 5.41) is 12.0. The maximum Gasteiger partial charge on any atom is 0.224 e. The van der Waals surface area contributed by atoms with Gasteiger partial charge in [0.2, 0.25) is 5.91 Å². The van der Waals surface area contributed by atoms with Crippen molar-refractivity contribution in [2.45, 2.75) is 70.5 Å². The molecule has 4 fully saturated rings. The Morgan fingerprint density at radius 2 is 1.93 bits per heavy atom. The van der Waals surface area contributed by atoms with E-state index in [0.29, 0.717) is 18.0 Å². The van der Waals surface area contributed by atoms with Gasteiger partial charge in [-0.15, -0.1) is 5.10 Å². The molecule has 1 aromatic heterocycles. The van der Waals surface area contributed by atoms with Crippen LogP contribution in [-0.4, -0.2) is 51.0 Å². The van der Waals surface area contributed by atoms with Crippen LogP contribution in [0.3, 0.4) is 0 Å². The lowest BCUT2D eigenvalue weighted by molar-refractivity contribution is -0.133. The van der Waals surface area contributed by atoms with Gasteiger partial charge in [-0.1, -0.05) is 50.3 Å². The molecule has 1 aromatic carbocycles. The first-order chi connectivity index (χ1) is 14.4. The van der Waals surface area contributed by atoms with Crippen LogP contribution in [0.5, 0.6) is 0 Å². The van der Waals surface area contributed by atoms with Crippen LogP contribution < -0.4 is 5.32 Å². The largest absolute Gasteiger partial charge is 0.353 e. The standard InChI is InChI=1S/C24H33N5O/c1-24(2,3)18-6-4-16(5-7-18)22-15-29(27-26-22)13-20-12-17-10-11-28(20)14-21(17)23(30)25-19-8-9-19/h4-7,15,17,19-21H,8-14H2,1-3H3,(H,25,30)/t17-,20-,21+/m1/s1. The molecule has 4 atom stereocenters. The van der Waals surface area contributed by atoms with E-state index < -0.39 is 0 Å². The molecule has 1 unspecified atom stereocenters. The maximum absolute atomic E-state index is 12.6. The van der Waals surface area contributed by atoms with E-state index in [-0.39, 0.29) is 17.2 Å². The highest BCUT2D eigenvalue weighted by Gasteiger charge is 2.44. The first-order valence-electron chi connectivity index (χ1n) is 11.4. The fourth-order valence-corrected chi connectivity index (χ4v) is 5.04. The van der Waals surface area contributed by atoms with E-state index in [9.17, 15) is 4.79 Å². The minimum Gasteiger partial charge on any atom is -0.353 e. The van der Waals surface area contributed by atoms with Gasteiger partial charge < -0.3 is 5.32 Å². The number of amides is 1. The van der Waals surface area contributed by atoms with Gasteiger partial charge in [-0.3, -0.25) is 14.4 Å². The second-order valence-electron chi connectivity index (χ2n) is 10.5. The summed E-state index contributed by atoms with van der Waals surface area (Å²) < 4.78 is 1.98. The normalized spacial score (nSPS) is 28.5. The third-order valence-corrected chi connectivity index (χ3v) is 7.12. The Bertz CT molecular complexity index is 908. The van der Waals surface area contributed by atoms with Crippen molar-refractivity contribution < 1.29 is 4.79 Å². The molecule has 1 amide bonds. The average molecular weight is 408 g/mol. The molecule has 1 N–H and O–H groups in total. The number of hydrogen-bond donors (Lipinski definition) is 1. The van der Waals surface area contributed by atoms with Crippen LogP contribution in [-0.2, 0) is 16.8 Å². The Kier molecular flexibility index (Phi) is 4.92. The minimum atomic E-state index is 0.151. The third kappa shape index (κ3) is 4.02. The van der Waals surface area contributed by atoms with Crippen molar-refractivity contribution in [1.29, 1.82) is 0 Å². The van der Waals surface area contributed by atoms with E-state index in [1.165, 1.54) is 5.56 Å². The topological polar surface area (TPSA) is 63.1 Å². The number of rotatable bonds is 5. The molecule has 1 saturated carbocycles. The summed E-state index contributed by atoms with van der Waals surface area (Å²) in [4.78, 5) is 15.1. The molecule has 3 aliphatic heterocycles. The molecule has 0 radical (unpaired) electrons. The summed E-state index contributed by atoms with van der Waals surface area (Å²) in [5.74, 6) is 0.960. The summed E-state index contributed by atoms with van der Waals surface area (Å²) in [7, 11) is 0. The van der Waals surface area contributed by atoms with Crippen LogP contribution >= 0.6 is 0 Å². The quantitative estimate of drug-likeness (QED) is 0.827. The molecule has 30 heavy (non-hydrogen) atoms. The van der Waals surface area contributed by atoms with Gasteiger partial charge in [0.25, 0.3) is 0 Å². The van der Waals surface area contributed by atoms with E-state index in [2.05, 4.69) is 71.8 Å². The molecular formula is C24H33N5O. The van der Waals surface area contributed by atoms with Crippen molar-refractivity contribution in [3.05, 3.63) is 36.0 Å². The van der Waals surface area contributed by atoms with E-state index in [4.69, 9.17) is 0 Å². The summed E-state index contributed by atoms with van der Waals surface area (Å²) >= 11 is 0. The van der Waals surface area contributed by atoms with Gasteiger partial charge in [-0.25, -0.2) is 0 Å². The molecule has 160 valence electrons. The van der Waals surface area contributed by atoms with Gasteiger partial charge in [-0.05, 0) is 49.1 Å². The predicted molar refractivity (Wildman–Crippen MR) is 117 cm³/mol. The zero-order valence-electron chi connectivity index (χ0n) is 18.3. The summed E-state index contributed by atoms with van der Waals surface area (Å²) in [6.07, 6.45) is 6.60. The molecule has 2 aromatic rings. The number of piperidine rings is 3. The van der Waals surface area contributed by atoms with E-state index in [1.807, 2.05) is 4.68 Å². The van der Waals surface area contributed by atoms with Crippen molar-refractivity contribution in [2.75, 3.05) is 13.1 Å². The van der Waals surface area contributed by atoms with Crippen molar-refractivity contribution in [2.24, 2.45) is 11.8 Å². The van der Waals surface area contributed by atoms with E-state index in [1.54, 1.807) is 0 Å². The summed E-state index contributed by atoms with van der Waals surface area (Å²) in [5.41, 5.74) is 3.51. The second-order valence-corrected chi connectivity index (χ2v) is 10.5. The zero-order valence-corrected chi connectivity index (χ0v) is 18.3. The molecular weight excluding hydrogens is 374 g/mol. The van der Waals surface area contributed by atoms with E-state index >= 15 is 0 Å². The Balaban J connectivity index is 1.22. The number of hydrogen-bond acceptors (Lipinski definition) is 4. The highest BCUT2D eigenvalue weighted by Crippen LogP contribution is 2.37. The maximum atomic E-state index is 12.6. The van der Waals surface area contributed by atoms with Gasteiger partial charge in [0, 0.05) is 24.2 Å². The number of fused-ring (bicyclic) bond motifs is 3. The molecule has 0 spiro atoms. The fraction of sp³-hybridized carbons (Fsp3) is 0.625. The van der Waals surface area contributed by atoms with Gasteiger partial charge in [0.15, 0.2) is 0 Å². The van der Waals surface area contributed by atoms with Crippen LogP contribution in [0.1, 0.15) is 52.0 Å². The second kappa shape index (κ2) is 7.49. The molecule has 4 heterocycles. The molecule has 6 heteroatoms. The first-order valence-corrected chi connectivity index (χ1v) is 11.4. The Hall–Kier alpha value is -2.21. The van der Waals surface area contributed by atoms with E-state index in [0.717, 1.165) is 56.6 Å². The minimum absolute atomic E-state index is 0.151. The predicted octanol–water partition coefficient (Wildman–Crippen LogP) is 3.23. The smallest absolute Gasteiger partial charge is 0.224 e. The van der Waals surface area contributed by atoms with Crippen molar-refractivity contribution in [3.63, 3.8) is 0 Å². The molecule has 1 aliphatic carbocycles. The SMILES string of the molecule is CC(C)(C)c1ccc(-c2cn(C[C@H]3C[C@H]4CCN3C[C@@H]4C(=O)NC3CC3)nn2)cc1. The van der Waals surface area contributed by atoms with Crippen LogP contribution in [0.15, 0.2) is 30.5 Å². The zero-order chi connectivity index (χ0) is 20.9. The monoisotopic (exact) mass is 407 g/mol. The summed E-state index contributed by atoms with van der Waals surface area (Å²) in [6, 6.07) is 9.56. The van der Waals surface area contributed by atoms with Gasteiger partial charge in [0.1, 0.15) is 5.69 Å². The number of carbonyl (C=O) groups is 1. The summed E-state index contributed by atoms with van der Waals surface area (Å²) in [6.45, 7) is 9.52. The number of aromatic nitrogens is 3. The highest BCUT2D eigenvalue weighted by molar-refractivity contribution is 5.80. The van der Waals surface area contributed by atoms with Crippen molar-refractivity contribution in [3.8, 4) is 11.3 Å². The van der Waals surface area contributed by atoms with Crippen LogP contribution in [0.4, 0.5) is 0 Å².